The van der Waals surface area contributed by atoms with Crippen molar-refractivity contribution < 1.29 is 39.6 Å². The highest BCUT2D eigenvalue weighted by Crippen LogP contribution is 2.24. The van der Waals surface area contributed by atoms with E-state index in [0.29, 0.717) is 6.42 Å². The van der Waals surface area contributed by atoms with E-state index < -0.39 is 23.9 Å². The highest BCUT2D eigenvalue weighted by Gasteiger charge is 2.18. The van der Waals surface area contributed by atoms with Gasteiger partial charge in [-0.25, -0.2) is 0 Å². The monoisotopic (exact) mass is 835 g/mol. The Hall–Kier alpha value is -2.38. The Labute approximate surface area is 362 Å². The van der Waals surface area contributed by atoms with Crippen LogP contribution in [0.3, 0.4) is 0 Å². The minimum atomic E-state index is -0.664. The fourth-order valence-electron chi connectivity index (χ4n) is 8.52. The highest BCUT2D eigenvalue weighted by molar-refractivity contribution is 5.70. The lowest BCUT2D eigenvalue weighted by atomic mass is 9.92. The van der Waals surface area contributed by atoms with E-state index in [1.54, 1.807) is 0 Å². The second kappa shape index (κ2) is 43.7. The molecule has 0 aromatic carbocycles. The summed E-state index contributed by atoms with van der Waals surface area (Å²) in [5.41, 5.74) is 0. The van der Waals surface area contributed by atoms with Gasteiger partial charge in [0.1, 0.15) is 0 Å². The molecule has 0 radical (unpaired) electrons. The summed E-state index contributed by atoms with van der Waals surface area (Å²) < 4.78 is 0. The predicted molar refractivity (Wildman–Crippen MR) is 245 cm³/mol. The Morgan fingerprint density at radius 2 is 0.593 bits per heavy atom. The zero-order chi connectivity index (χ0) is 43.4. The van der Waals surface area contributed by atoms with Crippen LogP contribution in [0, 0.1) is 17.8 Å². The van der Waals surface area contributed by atoms with Crippen LogP contribution >= 0.6 is 0 Å². The third-order valence-corrected chi connectivity index (χ3v) is 12.5. The SMILES string of the molecule is CCCCCCCC/C=C/CCCCCCCC(=O)O.O=C(O)C1CCCCCCCCC1.O=C(O)C1CCCCCCCCC1.O=C(O)C1CCCCCCCCC1. The summed E-state index contributed by atoms with van der Waals surface area (Å²) in [7, 11) is 0. The third kappa shape index (κ3) is 40.8. The molecule has 0 atom stereocenters. The second-order valence-electron chi connectivity index (χ2n) is 18.0. The lowest BCUT2D eigenvalue weighted by molar-refractivity contribution is -0.143. The van der Waals surface area contributed by atoms with Crippen molar-refractivity contribution in [2.45, 2.75) is 270 Å². The molecule has 3 aliphatic carbocycles. The van der Waals surface area contributed by atoms with Crippen LogP contribution in [0.25, 0.3) is 0 Å². The van der Waals surface area contributed by atoms with E-state index in [1.807, 2.05) is 0 Å². The predicted octanol–water partition coefficient (Wildman–Crippen LogP) is 15.7. The Morgan fingerprint density at radius 3 is 0.847 bits per heavy atom. The molecule has 0 saturated heterocycles. The maximum atomic E-state index is 10.8. The number of hydrogen-bond acceptors (Lipinski definition) is 4. The van der Waals surface area contributed by atoms with Gasteiger partial charge in [0.05, 0.1) is 17.8 Å². The molecule has 0 aliphatic heterocycles. The first kappa shape index (κ1) is 56.6. The smallest absolute Gasteiger partial charge is 0.306 e. The number of carbonyl (C=O) groups is 4. The zero-order valence-electron chi connectivity index (χ0n) is 38.3. The summed E-state index contributed by atoms with van der Waals surface area (Å²) in [5, 5.41) is 35.3. The van der Waals surface area contributed by atoms with Crippen LogP contribution in [0.4, 0.5) is 0 Å². The van der Waals surface area contributed by atoms with Crippen LogP contribution in [0.5, 0.6) is 0 Å². The molecular formula is C51H94O8. The molecule has 346 valence electrons. The van der Waals surface area contributed by atoms with Crippen LogP contribution in [0.2, 0.25) is 0 Å². The molecular weight excluding hydrogens is 741 g/mol. The summed E-state index contributed by atoms with van der Waals surface area (Å²) >= 11 is 0. The quantitative estimate of drug-likeness (QED) is 0.0787. The van der Waals surface area contributed by atoms with Crippen molar-refractivity contribution in [2.75, 3.05) is 0 Å². The van der Waals surface area contributed by atoms with Gasteiger partial charge in [0.2, 0.25) is 0 Å². The summed E-state index contributed by atoms with van der Waals surface area (Å²) in [6, 6.07) is 0. The number of rotatable bonds is 18. The summed E-state index contributed by atoms with van der Waals surface area (Å²) in [6.45, 7) is 2.26. The largest absolute Gasteiger partial charge is 0.481 e. The first-order valence-corrected chi connectivity index (χ1v) is 25.2. The maximum Gasteiger partial charge on any atom is 0.306 e. The third-order valence-electron chi connectivity index (χ3n) is 12.5. The first-order chi connectivity index (χ1) is 28.7. The lowest BCUT2D eigenvalue weighted by Crippen LogP contribution is -2.14. The van der Waals surface area contributed by atoms with Gasteiger partial charge in [-0.1, -0.05) is 205 Å². The molecule has 0 aromatic heterocycles. The first-order valence-electron chi connectivity index (χ1n) is 25.2. The lowest BCUT2D eigenvalue weighted by Gasteiger charge is -2.13. The number of aliphatic carboxylic acids is 4. The van der Waals surface area contributed by atoms with Crippen molar-refractivity contribution in [3.05, 3.63) is 12.2 Å². The van der Waals surface area contributed by atoms with E-state index in [2.05, 4.69) is 19.1 Å². The number of hydrogen-bond donors (Lipinski definition) is 4. The van der Waals surface area contributed by atoms with Crippen LogP contribution < -0.4 is 0 Å². The van der Waals surface area contributed by atoms with Gasteiger partial charge in [-0.3, -0.25) is 19.2 Å². The molecule has 0 aromatic rings. The van der Waals surface area contributed by atoms with Crippen molar-refractivity contribution >= 4 is 23.9 Å². The Morgan fingerprint density at radius 1 is 0.356 bits per heavy atom. The molecule has 0 heterocycles. The van der Waals surface area contributed by atoms with E-state index in [9.17, 15) is 19.2 Å². The van der Waals surface area contributed by atoms with Crippen molar-refractivity contribution in [1.29, 1.82) is 0 Å². The fourth-order valence-corrected chi connectivity index (χ4v) is 8.52. The molecule has 0 unspecified atom stereocenters. The highest BCUT2D eigenvalue weighted by atomic mass is 16.4. The average Bonchev–Trinajstić information content (AvgIpc) is 3.22. The van der Waals surface area contributed by atoms with Crippen LogP contribution in [-0.4, -0.2) is 44.3 Å². The van der Waals surface area contributed by atoms with Crippen molar-refractivity contribution in [1.82, 2.24) is 0 Å². The van der Waals surface area contributed by atoms with Gasteiger partial charge in [0, 0.05) is 6.42 Å². The maximum absolute atomic E-state index is 10.8. The van der Waals surface area contributed by atoms with Gasteiger partial charge in [-0.05, 0) is 70.6 Å². The molecule has 0 amide bonds. The molecule has 8 heteroatoms. The van der Waals surface area contributed by atoms with Crippen LogP contribution in [0.15, 0.2) is 12.2 Å². The number of allylic oxidation sites excluding steroid dienone is 2. The summed E-state index contributed by atoms with van der Waals surface area (Å²) in [4.78, 5) is 42.8. The van der Waals surface area contributed by atoms with E-state index >= 15 is 0 Å². The number of carboxylic acid groups (broad SMARTS) is 4. The van der Waals surface area contributed by atoms with Gasteiger partial charge in [-0.15, -0.1) is 0 Å². The fraction of sp³-hybridized carbons (Fsp3) is 0.882. The Bertz CT molecular complexity index is 894. The molecule has 0 spiro atoms. The molecule has 4 N–H and O–H groups in total. The Balaban J connectivity index is 0.000000774. The van der Waals surface area contributed by atoms with Crippen molar-refractivity contribution in [3.8, 4) is 0 Å². The minimum Gasteiger partial charge on any atom is -0.481 e. The minimum absolute atomic E-state index is 0.0573. The van der Waals surface area contributed by atoms with Crippen molar-refractivity contribution in [3.63, 3.8) is 0 Å². The van der Waals surface area contributed by atoms with Gasteiger partial charge >= 0.3 is 23.9 Å². The molecule has 3 aliphatic rings. The average molecular weight is 835 g/mol. The molecule has 3 rings (SSSR count). The molecule has 3 fully saturated rings. The topological polar surface area (TPSA) is 149 Å². The summed E-state index contributed by atoms with van der Waals surface area (Å²) in [6.07, 6.45) is 52.5. The standard InChI is InChI=1S/C18H34O2.3C11H20O2/c1-2-3-4-5-6-7-8-9-10-11-12-13-14-15-16-17-18(19)20;3*12-11(13)10-8-6-4-2-1-3-5-7-9-10/h9-10H,2-8,11-17H2,1H3,(H,19,20);3*10H,1-9H2,(H,12,13)/b10-9+;;;. The van der Waals surface area contributed by atoms with Gasteiger partial charge in [0.25, 0.3) is 0 Å². The number of carboxylic acids is 4. The zero-order valence-corrected chi connectivity index (χ0v) is 38.3. The van der Waals surface area contributed by atoms with Crippen LogP contribution in [0.1, 0.15) is 270 Å². The number of unbranched alkanes of at least 4 members (excludes halogenated alkanes) is 11. The van der Waals surface area contributed by atoms with Crippen molar-refractivity contribution in [2.24, 2.45) is 17.8 Å². The van der Waals surface area contributed by atoms with Gasteiger partial charge < -0.3 is 20.4 Å². The van der Waals surface area contributed by atoms with Gasteiger partial charge in [0.15, 0.2) is 0 Å². The van der Waals surface area contributed by atoms with E-state index in [-0.39, 0.29) is 17.8 Å². The molecule has 0 bridgehead atoms. The molecule has 3 saturated carbocycles. The molecule has 8 nitrogen and oxygen atoms in total. The van der Waals surface area contributed by atoms with E-state index in [0.717, 1.165) is 89.9 Å². The van der Waals surface area contributed by atoms with E-state index in [4.69, 9.17) is 20.4 Å². The normalized spacial score (nSPS) is 18.7. The second-order valence-corrected chi connectivity index (χ2v) is 18.0. The Kier molecular flexibility index (Phi) is 41.9. The van der Waals surface area contributed by atoms with E-state index in [1.165, 1.54) is 167 Å². The van der Waals surface area contributed by atoms with Crippen LogP contribution in [-0.2, 0) is 19.2 Å². The summed E-state index contributed by atoms with van der Waals surface area (Å²) in [5.74, 6) is -2.58. The molecule has 59 heavy (non-hydrogen) atoms. The van der Waals surface area contributed by atoms with Gasteiger partial charge in [-0.2, -0.15) is 0 Å².